The van der Waals surface area contributed by atoms with Crippen LogP contribution in [0.4, 0.5) is 0 Å². The minimum absolute atomic E-state index is 0.137. The van der Waals surface area contributed by atoms with Crippen LogP contribution in [0, 0.1) is 11.3 Å². The van der Waals surface area contributed by atoms with E-state index in [1.807, 2.05) is 0 Å². The first-order valence-corrected chi connectivity index (χ1v) is 6.66. The van der Waals surface area contributed by atoms with Gasteiger partial charge in [-0.15, -0.1) is 0 Å². The summed E-state index contributed by atoms with van der Waals surface area (Å²) >= 11 is 0. The molecule has 0 saturated heterocycles. The Morgan fingerprint density at radius 3 is 2.28 bits per heavy atom. The number of amides is 1. The molecule has 0 aromatic heterocycles. The maximum atomic E-state index is 12.4. The lowest BCUT2D eigenvalue weighted by molar-refractivity contribution is -0.136. The lowest BCUT2D eigenvalue weighted by Gasteiger charge is -2.39. The number of nitrogens with two attached hydrogens (primary N) is 1. The number of carbonyl (C=O) groups is 1. The molecule has 0 radical (unpaired) electrons. The Balaban J connectivity index is 2.74. The molecule has 18 heavy (non-hydrogen) atoms. The molecule has 0 aromatic rings. The van der Waals surface area contributed by atoms with Crippen molar-refractivity contribution in [3.8, 4) is 0 Å². The van der Waals surface area contributed by atoms with Gasteiger partial charge in [0.25, 0.3) is 0 Å². The fourth-order valence-corrected chi connectivity index (χ4v) is 2.37. The molecule has 0 unspecified atom stereocenters. The van der Waals surface area contributed by atoms with Gasteiger partial charge in [-0.2, -0.15) is 0 Å². The summed E-state index contributed by atoms with van der Waals surface area (Å²) in [4.78, 5) is 12.4. The summed E-state index contributed by atoms with van der Waals surface area (Å²) in [5.41, 5.74) is 4.30. The molecule has 0 heterocycles. The summed E-state index contributed by atoms with van der Waals surface area (Å²) in [7, 11) is 0. The van der Waals surface area contributed by atoms with Gasteiger partial charge in [0.15, 0.2) is 0 Å². The monoisotopic (exact) mass is 258 g/mol. The molecule has 1 rings (SSSR count). The normalized spacial score (nSPS) is 29.1. The van der Waals surface area contributed by atoms with Gasteiger partial charge in [-0.1, -0.05) is 6.92 Å². The van der Waals surface area contributed by atoms with Gasteiger partial charge in [-0.25, -0.2) is 0 Å². The number of aliphatic hydroxyl groups excluding tert-OH is 2. The van der Waals surface area contributed by atoms with Crippen molar-refractivity contribution in [3.05, 3.63) is 0 Å². The van der Waals surface area contributed by atoms with Gasteiger partial charge in [0.1, 0.15) is 0 Å². The van der Waals surface area contributed by atoms with Crippen LogP contribution in [-0.4, -0.2) is 41.4 Å². The zero-order chi connectivity index (χ0) is 13.8. The topological polar surface area (TPSA) is 95.6 Å². The quantitative estimate of drug-likeness (QED) is 0.558. The van der Waals surface area contributed by atoms with E-state index >= 15 is 0 Å². The molecule has 1 saturated carbocycles. The Hall–Kier alpha value is -0.650. The van der Waals surface area contributed by atoms with Gasteiger partial charge < -0.3 is 21.3 Å². The first-order chi connectivity index (χ1) is 8.41. The van der Waals surface area contributed by atoms with Crippen molar-refractivity contribution < 1.29 is 15.0 Å². The first-order valence-electron chi connectivity index (χ1n) is 6.66. The smallest absolute Gasteiger partial charge is 0.228 e. The second kappa shape index (κ2) is 5.99. The molecule has 0 aromatic carbocycles. The summed E-state index contributed by atoms with van der Waals surface area (Å²) in [6.07, 6.45) is 3.56. The molecule has 0 aliphatic heterocycles. The van der Waals surface area contributed by atoms with E-state index in [9.17, 15) is 15.0 Å². The maximum Gasteiger partial charge on any atom is 0.228 e. The second-order valence-electron chi connectivity index (χ2n) is 6.00. The predicted molar refractivity (Wildman–Crippen MR) is 69.8 cm³/mol. The minimum atomic E-state index is -0.970. The molecule has 0 bridgehead atoms. The second-order valence-corrected chi connectivity index (χ2v) is 6.00. The molecule has 0 atom stereocenters. The number of hydrogen-bond acceptors (Lipinski definition) is 4. The molecule has 5 nitrogen and oxygen atoms in total. The number of carbonyl (C=O) groups excluding carboxylic acids is 1. The van der Waals surface area contributed by atoms with Crippen molar-refractivity contribution in [1.82, 2.24) is 5.32 Å². The van der Waals surface area contributed by atoms with Gasteiger partial charge in [0.2, 0.25) is 5.91 Å². The van der Waals surface area contributed by atoms with Gasteiger partial charge in [-0.05, 0) is 38.5 Å². The Labute approximate surface area is 109 Å². The highest BCUT2D eigenvalue weighted by atomic mass is 16.3. The summed E-state index contributed by atoms with van der Waals surface area (Å²) < 4.78 is 0. The fourth-order valence-electron chi connectivity index (χ4n) is 2.37. The summed E-state index contributed by atoms with van der Waals surface area (Å²) in [5.74, 6) is 0.502. The van der Waals surface area contributed by atoms with Crippen LogP contribution in [0.5, 0.6) is 0 Å². The van der Waals surface area contributed by atoms with Crippen LogP contribution in [0.25, 0.3) is 0 Å². The number of aliphatic hydroxyl groups is 2. The maximum absolute atomic E-state index is 12.4. The third-order valence-electron chi connectivity index (χ3n) is 4.22. The average Bonchev–Trinajstić information content (AvgIpc) is 2.39. The Bertz CT molecular complexity index is 282. The molecule has 106 valence electrons. The predicted octanol–water partition coefficient (Wildman–Crippen LogP) is 0.00110. The number of rotatable bonds is 5. The van der Waals surface area contributed by atoms with Crippen molar-refractivity contribution >= 4 is 5.91 Å². The molecule has 0 spiro atoms. The standard InChI is InChI=1S/C13H26N2O3/c1-10-3-5-13(7-14,6-4-10)11(18)15-12(2,8-16)9-17/h10,16-17H,3-9,14H2,1-2H3,(H,15,18). The molecule has 5 N–H and O–H groups in total. The van der Waals surface area contributed by atoms with Crippen LogP contribution < -0.4 is 11.1 Å². The van der Waals surface area contributed by atoms with Crippen LogP contribution >= 0.6 is 0 Å². The van der Waals surface area contributed by atoms with Crippen LogP contribution in [0.15, 0.2) is 0 Å². The SMILES string of the molecule is CC1CCC(CN)(C(=O)NC(C)(CO)CO)CC1. The zero-order valence-corrected chi connectivity index (χ0v) is 11.4. The third-order valence-corrected chi connectivity index (χ3v) is 4.22. The third kappa shape index (κ3) is 3.22. The van der Waals surface area contributed by atoms with E-state index in [1.165, 1.54) is 0 Å². The van der Waals surface area contributed by atoms with Crippen molar-refractivity contribution in [2.24, 2.45) is 17.1 Å². The average molecular weight is 258 g/mol. The summed E-state index contributed by atoms with van der Waals surface area (Å²) in [6.45, 7) is 3.56. The van der Waals surface area contributed by atoms with Gasteiger partial charge >= 0.3 is 0 Å². The van der Waals surface area contributed by atoms with E-state index in [1.54, 1.807) is 6.92 Å². The molecular formula is C13H26N2O3. The van der Waals surface area contributed by atoms with Crippen LogP contribution in [-0.2, 0) is 4.79 Å². The molecule has 1 amide bonds. The van der Waals surface area contributed by atoms with E-state index in [0.717, 1.165) is 25.7 Å². The minimum Gasteiger partial charge on any atom is -0.394 e. The van der Waals surface area contributed by atoms with Crippen molar-refractivity contribution in [1.29, 1.82) is 0 Å². The highest BCUT2D eigenvalue weighted by Gasteiger charge is 2.42. The van der Waals surface area contributed by atoms with Gasteiger partial charge in [0.05, 0.1) is 24.2 Å². The van der Waals surface area contributed by atoms with Gasteiger partial charge in [-0.3, -0.25) is 4.79 Å². The van der Waals surface area contributed by atoms with Crippen LogP contribution in [0.2, 0.25) is 0 Å². The number of hydrogen-bond donors (Lipinski definition) is 4. The van der Waals surface area contributed by atoms with Crippen LogP contribution in [0.1, 0.15) is 39.5 Å². The van der Waals surface area contributed by atoms with Crippen LogP contribution in [0.3, 0.4) is 0 Å². The fraction of sp³-hybridized carbons (Fsp3) is 0.923. The summed E-state index contributed by atoms with van der Waals surface area (Å²) in [6, 6.07) is 0. The van der Waals surface area contributed by atoms with E-state index in [4.69, 9.17) is 5.73 Å². The molecule has 1 aliphatic carbocycles. The van der Waals surface area contributed by atoms with E-state index in [0.29, 0.717) is 12.5 Å². The lowest BCUT2D eigenvalue weighted by atomic mass is 9.70. The van der Waals surface area contributed by atoms with E-state index < -0.39 is 11.0 Å². The number of nitrogens with one attached hydrogen (secondary N) is 1. The molecule has 5 heteroatoms. The van der Waals surface area contributed by atoms with Crippen molar-refractivity contribution in [2.45, 2.75) is 45.1 Å². The summed E-state index contributed by atoms with van der Waals surface area (Å²) in [5, 5.41) is 21.2. The Morgan fingerprint density at radius 2 is 1.89 bits per heavy atom. The molecular weight excluding hydrogens is 232 g/mol. The Morgan fingerprint density at radius 1 is 1.39 bits per heavy atom. The molecule has 1 fully saturated rings. The Kier molecular flexibility index (Phi) is 5.13. The zero-order valence-electron chi connectivity index (χ0n) is 11.4. The molecule has 1 aliphatic rings. The highest BCUT2D eigenvalue weighted by molar-refractivity contribution is 5.83. The highest BCUT2D eigenvalue weighted by Crippen LogP contribution is 2.38. The van der Waals surface area contributed by atoms with E-state index in [-0.39, 0.29) is 19.1 Å². The first kappa shape index (κ1) is 15.4. The van der Waals surface area contributed by atoms with Crippen molar-refractivity contribution in [3.63, 3.8) is 0 Å². The van der Waals surface area contributed by atoms with Gasteiger partial charge in [0, 0.05) is 6.54 Å². The largest absolute Gasteiger partial charge is 0.394 e. The van der Waals surface area contributed by atoms with E-state index in [2.05, 4.69) is 12.2 Å². The lowest BCUT2D eigenvalue weighted by Crippen LogP contribution is -2.58. The van der Waals surface area contributed by atoms with Crippen molar-refractivity contribution in [2.75, 3.05) is 19.8 Å².